The maximum atomic E-state index is 5.68. The molecule has 1 aromatic heterocycles. The van der Waals surface area contributed by atoms with Gasteiger partial charge in [0.25, 0.3) is 0 Å². The second kappa shape index (κ2) is 7.64. The average Bonchev–Trinajstić information content (AvgIpc) is 2.53. The molecule has 0 saturated carbocycles. The van der Waals surface area contributed by atoms with Gasteiger partial charge in [-0.3, -0.25) is 0 Å². The van der Waals surface area contributed by atoms with Crippen molar-refractivity contribution in [2.75, 3.05) is 13.7 Å². The van der Waals surface area contributed by atoms with Gasteiger partial charge in [-0.2, -0.15) is 0 Å². The number of benzene rings is 1. The standard InChI is InChI=1S/C17H22N2O2/c1-4-21-16-10-6-5-9-15(16)13(2)19-12-14-8-7-11-18-17(14)20-3/h5-11,13,19H,4,12H2,1-3H3. The second-order valence-electron chi connectivity index (χ2n) is 4.75. The molecule has 1 atom stereocenters. The number of aromatic nitrogens is 1. The molecule has 1 N–H and O–H groups in total. The summed E-state index contributed by atoms with van der Waals surface area (Å²) in [6.07, 6.45) is 1.73. The SMILES string of the molecule is CCOc1ccccc1C(C)NCc1cccnc1OC. The Labute approximate surface area is 126 Å². The highest BCUT2D eigenvalue weighted by atomic mass is 16.5. The third-order valence-corrected chi connectivity index (χ3v) is 3.33. The van der Waals surface area contributed by atoms with Crippen molar-refractivity contribution in [3.8, 4) is 11.6 Å². The molecule has 0 bridgehead atoms. The maximum absolute atomic E-state index is 5.68. The molecule has 0 aliphatic rings. The molecular formula is C17H22N2O2. The summed E-state index contributed by atoms with van der Waals surface area (Å²) in [4.78, 5) is 4.21. The van der Waals surface area contributed by atoms with E-state index in [9.17, 15) is 0 Å². The lowest BCUT2D eigenvalue weighted by Crippen LogP contribution is -2.19. The summed E-state index contributed by atoms with van der Waals surface area (Å²) >= 11 is 0. The molecule has 0 amide bonds. The minimum atomic E-state index is 0.178. The molecule has 0 aliphatic heterocycles. The molecule has 0 saturated heterocycles. The fourth-order valence-electron chi connectivity index (χ4n) is 2.24. The number of nitrogens with zero attached hydrogens (tertiary/aromatic N) is 1. The Balaban J connectivity index is 2.06. The van der Waals surface area contributed by atoms with Crippen LogP contribution in [-0.2, 0) is 6.54 Å². The maximum Gasteiger partial charge on any atom is 0.217 e. The van der Waals surface area contributed by atoms with Crippen LogP contribution in [0.3, 0.4) is 0 Å². The van der Waals surface area contributed by atoms with Gasteiger partial charge in [-0.05, 0) is 26.0 Å². The summed E-state index contributed by atoms with van der Waals surface area (Å²) in [6, 6.07) is 12.2. The van der Waals surface area contributed by atoms with Gasteiger partial charge in [-0.15, -0.1) is 0 Å². The highest BCUT2D eigenvalue weighted by molar-refractivity contribution is 5.36. The van der Waals surface area contributed by atoms with Crippen LogP contribution in [0.25, 0.3) is 0 Å². The Hall–Kier alpha value is -2.07. The van der Waals surface area contributed by atoms with Crippen LogP contribution in [0.15, 0.2) is 42.6 Å². The largest absolute Gasteiger partial charge is 0.494 e. The number of rotatable bonds is 7. The van der Waals surface area contributed by atoms with Gasteiger partial charge in [0.2, 0.25) is 5.88 Å². The Morgan fingerprint density at radius 2 is 2.00 bits per heavy atom. The minimum absolute atomic E-state index is 0.178. The van der Waals surface area contributed by atoms with Crippen molar-refractivity contribution >= 4 is 0 Å². The predicted octanol–water partition coefficient (Wildman–Crippen LogP) is 3.34. The molecule has 1 aromatic carbocycles. The fraction of sp³-hybridized carbons (Fsp3) is 0.353. The van der Waals surface area contributed by atoms with E-state index in [4.69, 9.17) is 9.47 Å². The minimum Gasteiger partial charge on any atom is -0.494 e. The molecule has 1 heterocycles. The molecule has 21 heavy (non-hydrogen) atoms. The van der Waals surface area contributed by atoms with Gasteiger partial charge in [0, 0.05) is 29.9 Å². The van der Waals surface area contributed by atoms with E-state index < -0.39 is 0 Å². The van der Waals surface area contributed by atoms with E-state index in [1.54, 1.807) is 13.3 Å². The van der Waals surface area contributed by atoms with Crippen molar-refractivity contribution in [2.45, 2.75) is 26.4 Å². The number of para-hydroxylation sites is 1. The number of hydrogen-bond donors (Lipinski definition) is 1. The summed E-state index contributed by atoms with van der Waals surface area (Å²) in [5.41, 5.74) is 2.20. The number of pyridine rings is 1. The first-order valence-electron chi connectivity index (χ1n) is 7.19. The summed E-state index contributed by atoms with van der Waals surface area (Å²) in [5, 5.41) is 3.49. The molecule has 1 unspecified atom stereocenters. The molecule has 0 aliphatic carbocycles. The summed E-state index contributed by atoms with van der Waals surface area (Å²) in [7, 11) is 1.64. The number of ether oxygens (including phenoxy) is 2. The van der Waals surface area contributed by atoms with Crippen molar-refractivity contribution < 1.29 is 9.47 Å². The summed E-state index contributed by atoms with van der Waals surface area (Å²) in [5.74, 6) is 1.59. The Kier molecular flexibility index (Phi) is 5.58. The fourth-order valence-corrected chi connectivity index (χ4v) is 2.24. The zero-order chi connectivity index (χ0) is 15.1. The summed E-state index contributed by atoms with van der Waals surface area (Å²) < 4.78 is 10.9. The smallest absolute Gasteiger partial charge is 0.217 e. The average molecular weight is 286 g/mol. The van der Waals surface area contributed by atoms with Crippen molar-refractivity contribution in [3.63, 3.8) is 0 Å². The summed E-state index contributed by atoms with van der Waals surface area (Å²) in [6.45, 7) is 5.48. The van der Waals surface area contributed by atoms with E-state index in [1.165, 1.54) is 0 Å². The van der Waals surface area contributed by atoms with Gasteiger partial charge in [0.15, 0.2) is 0 Å². The van der Waals surface area contributed by atoms with E-state index in [0.717, 1.165) is 16.9 Å². The lowest BCUT2D eigenvalue weighted by Gasteiger charge is -2.18. The third kappa shape index (κ3) is 3.95. The van der Waals surface area contributed by atoms with E-state index >= 15 is 0 Å². The number of methoxy groups -OCH3 is 1. The number of hydrogen-bond acceptors (Lipinski definition) is 4. The zero-order valence-electron chi connectivity index (χ0n) is 12.8. The number of nitrogens with one attached hydrogen (secondary N) is 1. The van der Waals surface area contributed by atoms with E-state index in [0.29, 0.717) is 19.0 Å². The molecule has 0 radical (unpaired) electrons. The zero-order valence-corrected chi connectivity index (χ0v) is 12.8. The highest BCUT2D eigenvalue weighted by Crippen LogP contribution is 2.25. The van der Waals surface area contributed by atoms with Crippen LogP contribution in [-0.4, -0.2) is 18.7 Å². The van der Waals surface area contributed by atoms with Crippen LogP contribution >= 0.6 is 0 Å². The lowest BCUT2D eigenvalue weighted by molar-refractivity contribution is 0.332. The van der Waals surface area contributed by atoms with Crippen LogP contribution < -0.4 is 14.8 Å². The van der Waals surface area contributed by atoms with Crippen LogP contribution in [0.2, 0.25) is 0 Å². The molecule has 2 aromatic rings. The van der Waals surface area contributed by atoms with Gasteiger partial charge < -0.3 is 14.8 Å². The molecule has 0 fully saturated rings. The van der Waals surface area contributed by atoms with Crippen molar-refractivity contribution in [1.29, 1.82) is 0 Å². The Morgan fingerprint density at radius 3 is 2.76 bits per heavy atom. The molecular weight excluding hydrogens is 264 g/mol. The van der Waals surface area contributed by atoms with Gasteiger partial charge in [-0.25, -0.2) is 4.98 Å². The van der Waals surface area contributed by atoms with Gasteiger partial charge in [0.1, 0.15) is 5.75 Å². The highest BCUT2D eigenvalue weighted by Gasteiger charge is 2.12. The first-order valence-corrected chi connectivity index (χ1v) is 7.19. The van der Waals surface area contributed by atoms with Crippen molar-refractivity contribution in [1.82, 2.24) is 10.3 Å². The van der Waals surface area contributed by atoms with Gasteiger partial charge in [0.05, 0.1) is 13.7 Å². The monoisotopic (exact) mass is 286 g/mol. The van der Waals surface area contributed by atoms with E-state index in [-0.39, 0.29) is 6.04 Å². The molecule has 112 valence electrons. The quantitative estimate of drug-likeness (QED) is 0.847. The molecule has 4 nitrogen and oxygen atoms in total. The third-order valence-electron chi connectivity index (χ3n) is 3.33. The van der Waals surface area contributed by atoms with Gasteiger partial charge >= 0.3 is 0 Å². The van der Waals surface area contributed by atoms with Crippen LogP contribution in [0.4, 0.5) is 0 Å². The van der Waals surface area contributed by atoms with Crippen molar-refractivity contribution in [3.05, 3.63) is 53.7 Å². The van der Waals surface area contributed by atoms with Gasteiger partial charge in [-0.1, -0.05) is 24.3 Å². The van der Waals surface area contributed by atoms with Crippen LogP contribution in [0.1, 0.15) is 31.0 Å². The second-order valence-corrected chi connectivity index (χ2v) is 4.75. The normalized spacial score (nSPS) is 12.0. The lowest BCUT2D eigenvalue weighted by atomic mass is 10.1. The van der Waals surface area contributed by atoms with E-state index in [1.807, 2.05) is 37.3 Å². The molecule has 4 heteroatoms. The van der Waals surface area contributed by atoms with E-state index in [2.05, 4.69) is 23.3 Å². The topological polar surface area (TPSA) is 43.4 Å². The Morgan fingerprint density at radius 1 is 1.19 bits per heavy atom. The van der Waals surface area contributed by atoms with Crippen LogP contribution in [0, 0.1) is 0 Å². The molecule has 2 rings (SSSR count). The first-order chi connectivity index (χ1) is 10.3. The first kappa shape index (κ1) is 15.3. The Bertz CT molecular complexity index is 572. The predicted molar refractivity (Wildman–Crippen MR) is 83.7 cm³/mol. The van der Waals surface area contributed by atoms with Crippen LogP contribution in [0.5, 0.6) is 11.6 Å². The molecule has 0 spiro atoms. The van der Waals surface area contributed by atoms with Crippen molar-refractivity contribution in [2.24, 2.45) is 0 Å².